The lowest BCUT2D eigenvalue weighted by atomic mass is 10.1. The Labute approximate surface area is 149 Å². The number of carbonyl (C=O) groups is 1. The van der Waals surface area contributed by atoms with Gasteiger partial charge in [0.2, 0.25) is 0 Å². The number of urea groups is 1. The lowest BCUT2D eigenvalue weighted by molar-refractivity contribution is 0.147. The van der Waals surface area contributed by atoms with Crippen LogP contribution in [0.2, 0.25) is 0 Å². The number of aryl methyl sites for hydroxylation is 1. The molecule has 0 saturated heterocycles. The van der Waals surface area contributed by atoms with E-state index < -0.39 is 6.10 Å². The summed E-state index contributed by atoms with van der Waals surface area (Å²) in [6.45, 7) is 8.67. The van der Waals surface area contributed by atoms with Crippen molar-refractivity contribution in [3.8, 4) is 5.69 Å². The van der Waals surface area contributed by atoms with Crippen molar-refractivity contribution < 1.29 is 9.90 Å². The van der Waals surface area contributed by atoms with Crippen LogP contribution < -0.4 is 10.6 Å². The van der Waals surface area contributed by atoms with Gasteiger partial charge in [-0.3, -0.25) is 0 Å². The molecule has 0 radical (unpaired) electrons. The molecule has 0 aliphatic carbocycles. The maximum Gasteiger partial charge on any atom is 0.315 e. The van der Waals surface area contributed by atoms with Crippen LogP contribution >= 0.6 is 0 Å². The molecule has 1 atom stereocenters. The average Bonchev–Trinajstić information content (AvgIpc) is 2.85. The highest BCUT2D eigenvalue weighted by Gasteiger charge is 2.14. The summed E-state index contributed by atoms with van der Waals surface area (Å²) in [7, 11) is 0. The second kappa shape index (κ2) is 8.67. The van der Waals surface area contributed by atoms with E-state index in [0.29, 0.717) is 18.9 Å². The molecule has 0 saturated carbocycles. The van der Waals surface area contributed by atoms with E-state index in [1.165, 1.54) is 0 Å². The fourth-order valence-electron chi connectivity index (χ4n) is 2.82. The van der Waals surface area contributed by atoms with Crippen LogP contribution in [0.4, 0.5) is 4.79 Å². The van der Waals surface area contributed by atoms with Gasteiger partial charge in [-0.05, 0) is 38.3 Å². The molecule has 0 bridgehead atoms. The third kappa shape index (κ3) is 5.32. The molecular weight excluding hydrogens is 316 g/mol. The summed E-state index contributed by atoms with van der Waals surface area (Å²) in [5.41, 5.74) is 3.89. The van der Waals surface area contributed by atoms with Crippen molar-refractivity contribution in [2.75, 3.05) is 6.54 Å². The maximum absolute atomic E-state index is 11.9. The van der Waals surface area contributed by atoms with Gasteiger partial charge in [0.1, 0.15) is 0 Å². The zero-order chi connectivity index (χ0) is 18.4. The van der Waals surface area contributed by atoms with Gasteiger partial charge in [0, 0.05) is 24.3 Å². The van der Waals surface area contributed by atoms with Crippen molar-refractivity contribution >= 4 is 6.03 Å². The normalized spacial score (nSPS) is 12.2. The molecule has 2 rings (SSSR count). The van der Waals surface area contributed by atoms with E-state index in [1.54, 1.807) is 0 Å². The lowest BCUT2D eigenvalue weighted by Gasteiger charge is -2.14. The molecule has 1 aromatic carbocycles. The maximum atomic E-state index is 11.9. The third-order valence-electron chi connectivity index (χ3n) is 4.11. The molecule has 2 aromatic rings. The number of benzene rings is 1. The summed E-state index contributed by atoms with van der Waals surface area (Å²) >= 11 is 0. The molecule has 1 unspecified atom stereocenters. The van der Waals surface area contributed by atoms with Gasteiger partial charge in [0.15, 0.2) is 0 Å². The fraction of sp³-hybridized carbons (Fsp3) is 0.474. The highest BCUT2D eigenvalue weighted by Crippen LogP contribution is 2.17. The summed E-state index contributed by atoms with van der Waals surface area (Å²) in [6.07, 6.45) is 0.151. The molecule has 3 N–H and O–H groups in total. The molecule has 1 aromatic heterocycles. The van der Waals surface area contributed by atoms with E-state index in [9.17, 15) is 9.90 Å². The Bertz CT molecular complexity index is 695. The summed E-state index contributed by atoms with van der Waals surface area (Å²) in [5.74, 6) is 0.397. The first kappa shape index (κ1) is 19.0. The molecule has 136 valence electrons. The van der Waals surface area contributed by atoms with Crippen molar-refractivity contribution in [3.63, 3.8) is 0 Å². The highest BCUT2D eigenvalue weighted by atomic mass is 16.3. The molecule has 0 aliphatic rings. The van der Waals surface area contributed by atoms with E-state index in [1.807, 2.05) is 62.7 Å². The summed E-state index contributed by atoms with van der Waals surface area (Å²) < 4.78 is 1.89. The Kier molecular flexibility index (Phi) is 6.58. The molecule has 25 heavy (non-hydrogen) atoms. The number of nitrogens with one attached hydrogen (secondary N) is 2. The zero-order valence-electron chi connectivity index (χ0n) is 15.4. The molecular formula is C19H28N4O2. The van der Waals surface area contributed by atoms with Crippen LogP contribution in [-0.4, -0.2) is 33.6 Å². The van der Waals surface area contributed by atoms with Crippen molar-refractivity contribution in [1.29, 1.82) is 0 Å². The smallest absolute Gasteiger partial charge is 0.315 e. The lowest BCUT2D eigenvalue weighted by Crippen LogP contribution is -2.39. The number of rotatable bonds is 7. The number of amides is 2. The Morgan fingerprint density at radius 1 is 1.20 bits per heavy atom. The molecule has 0 fully saturated rings. The summed E-state index contributed by atoms with van der Waals surface area (Å²) in [4.78, 5) is 11.9. The van der Waals surface area contributed by atoms with E-state index in [4.69, 9.17) is 0 Å². The molecule has 0 aliphatic heterocycles. The minimum absolute atomic E-state index is 0.255. The predicted molar refractivity (Wildman–Crippen MR) is 98.7 cm³/mol. The molecule has 1 heterocycles. The fourth-order valence-corrected chi connectivity index (χ4v) is 2.82. The van der Waals surface area contributed by atoms with Crippen molar-refractivity contribution in [2.24, 2.45) is 5.92 Å². The van der Waals surface area contributed by atoms with E-state index in [-0.39, 0.29) is 12.6 Å². The minimum Gasteiger partial charge on any atom is -0.391 e. The molecule has 2 amide bonds. The largest absolute Gasteiger partial charge is 0.391 e. The van der Waals surface area contributed by atoms with Gasteiger partial charge in [-0.1, -0.05) is 32.0 Å². The first-order valence-electron chi connectivity index (χ1n) is 8.68. The van der Waals surface area contributed by atoms with Gasteiger partial charge in [0.25, 0.3) is 0 Å². The number of carbonyl (C=O) groups excluding carboxylic acids is 1. The standard InChI is InChI=1S/C19H28N4O2/c1-13(2)10-17(24)11-20-19(25)21-12-18-14(3)22-23(15(18)4)16-8-6-5-7-9-16/h5-9,13,17,24H,10-12H2,1-4H3,(H2,20,21,25). The SMILES string of the molecule is Cc1nn(-c2ccccc2)c(C)c1CNC(=O)NCC(O)CC(C)C. The van der Waals surface area contributed by atoms with Crippen LogP contribution in [0.15, 0.2) is 30.3 Å². The molecule has 0 spiro atoms. The number of hydrogen-bond donors (Lipinski definition) is 3. The quantitative estimate of drug-likeness (QED) is 0.722. The molecule has 6 nitrogen and oxygen atoms in total. The highest BCUT2D eigenvalue weighted by molar-refractivity contribution is 5.73. The number of nitrogens with zero attached hydrogens (tertiary/aromatic N) is 2. The number of aliphatic hydroxyl groups is 1. The van der Waals surface area contributed by atoms with Crippen LogP contribution in [0.25, 0.3) is 5.69 Å². The monoisotopic (exact) mass is 344 g/mol. The predicted octanol–water partition coefficient (Wildman–Crippen LogP) is 2.70. The summed E-state index contributed by atoms with van der Waals surface area (Å²) in [6, 6.07) is 9.63. The molecule has 6 heteroatoms. The third-order valence-corrected chi connectivity index (χ3v) is 4.11. The van der Waals surface area contributed by atoms with Crippen LogP contribution in [-0.2, 0) is 6.54 Å². The van der Waals surface area contributed by atoms with Gasteiger partial charge in [-0.25, -0.2) is 9.48 Å². The van der Waals surface area contributed by atoms with E-state index in [0.717, 1.165) is 22.6 Å². The Morgan fingerprint density at radius 2 is 1.88 bits per heavy atom. The number of aliphatic hydroxyl groups excluding tert-OH is 1. The van der Waals surface area contributed by atoms with Crippen LogP contribution in [0, 0.1) is 19.8 Å². The number of hydrogen-bond acceptors (Lipinski definition) is 3. The average molecular weight is 344 g/mol. The second-order valence-electron chi connectivity index (χ2n) is 6.74. The van der Waals surface area contributed by atoms with Crippen LogP contribution in [0.5, 0.6) is 0 Å². The van der Waals surface area contributed by atoms with E-state index >= 15 is 0 Å². The van der Waals surface area contributed by atoms with Gasteiger partial charge < -0.3 is 15.7 Å². The van der Waals surface area contributed by atoms with Gasteiger partial charge in [-0.2, -0.15) is 5.10 Å². The van der Waals surface area contributed by atoms with Crippen molar-refractivity contribution in [3.05, 3.63) is 47.3 Å². The first-order valence-corrected chi connectivity index (χ1v) is 8.68. The zero-order valence-corrected chi connectivity index (χ0v) is 15.4. The van der Waals surface area contributed by atoms with Gasteiger partial charge in [-0.15, -0.1) is 0 Å². The first-order chi connectivity index (χ1) is 11.9. The summed E-state index contributed by atoms with van der Waals surface area (Å²) in [5, 5.41) is 19.9. The van der Waals surface area contributed by atoms with Crippen LogP contribution in [0.1, 0.15) is 37.2 Å². The van der Waals surface area contributed by atoms with Crippen LogP contribution in [0.3, 0.4) is 0 Å². The van der Waals surface area contributed by atoms with Gasteiger partial charge in [0.05, 0.1) is 17.5 Å². The topological polar surface area (TPSA) is 79.2 Å². The van der Waals surface area contributed by atoms with E-state index in [2.05, 4.69) is 15.7 Å². The van der Waals surface area contributed by atoms with Gasteiger partial charge >= 0.3 is 6.03 Å². The van der Waals surface area contributed by atoms with Crippen molar-refractivity contribution in [2.45, 2.75) is 46.8 Å². The Hall–Kier alpha value is -2.34. The Morgan fingerprint density at radius 3 is 2.52 bits per heavy atom. The Balaban J connectivity index is 1.93. The minimum atomic E-state index is -0.518. The number of aromatic nitrogens is 2. The van der Waals surface area contributed by atoms with Crippen molar-refractivity contribution in [1.82, 2.24) is 20.4 Å². The second-order valence-corrected chi connectivity index (χ2v) is 6.74. The number of para-hydroxylation sites is 1.